The molecule has 1 aromatic carbocycles. The molecule has 0 amide bonds. The van der Waals surface area contributed by atoms with Gasteiger partial charge in [-0.2, -0.15) is 0 Å². The third-order valence-corrected chi connectivity index (χ3v) is 3.60. The second-order valence-electron chi connectivity index (χ2n) is 5.29. The van der Waals surface area contributed by atoms with Gasteiger partial charge in [-0.15, -0.1) is 24.0 Å². The number of methoxy groups -OCH3 is 1. The van der Waals surface area contributed by atoms with Crippen LogP contribution in [0.3, 0.4) is 0 Å². The second kappa shape index (κ2) is 10.9. The molecule has 1 unspecified atom stereocenters. The highest BCUT2D eigenvalue weighted by atomic mass is 127. The van der Waals surface area contributed by atoms with Crippen molar-refractivity contribution in [2.75, 3.05) is 20.7 Å². The molecular weight excluding hydrogens is 415 g/mol. The zero-order valence-electron chi connectivity index (χ0n) is 14.3. The first-order valence-electron chi connectivity index (χ1n) is 7.72. The minimum Gasteiger partial charge on any atom is -0.481 e. The highest BCUT2D eigenvalue weighted by Crippen LogP contribution is 2.12. The molecule has 1 heterocycles. The van der Waals surface area contributed by atoms with Gasteiger partial charge in [0.15, 0.2) is 5.96 Å². The van der Waals surface area contributed by atoms with Crippen molar-refractivity contribution < 1.29 is 4.74 Å². The van der Waals surface area contributed by atoms with E-state index >= 15 is 0 Å². The van der Waals surface area contributed by atoms with Crippen LogP contribution in [0, 0.1) is 0 Å². The lowest BCUT2D eigenvalue weighted by Crippen LogP contribution is -2.38. The summed E-state index contributed by atoms with van der Waals surface area (Å²) in [4.78, 5) is 8.62. The zero-order valence-corrected chi connectivity index (χ0v) is 16.7. The van der Waals surface area contributed by atoms with Gasteiger partial charge in [0.25, 0.3) is 0 Å². The summed E-state index contributed by atoms with van der Waals surface area (Å²) in [5.74, 6) is 1.78. The lowest BCUT2D eigenvalue weighted by molar-refractivity contribution is 0.396. The number of nitrogens with one attached hydrogen (secondary N) is 2. The minimum absolute atomic E-state index is 0. The lowest BCUT2D eigenvalue weighted by Gasteiger charge is -2.16. The van der Waals surface area contributed by atoms with Gasteiger partial charge in [0.2, 0.25) is 5.88 Å². The van der Waals surface area contributed by atoms with Crippen LogP contribution in [0.4, 0.5) is 0 Å². The molecule has 0 aliphatic carbocycles. The zero-order chi connectivity index (χ0) is 16.5. The van der Waals surface area contributed by atoms with Crippen LogP contribution in [0.15, 0.2) is 53.5 Å². The van der Waals surface area contributed by atoms with E-state index in [-0.39, 0.29) is 24.0 Å². The molecule has 1 aromatic heterocycles. The first-order valence-corrected chi connectivity index (χ1v) is 7.72. The summed E-state index contributed by atoms with van der Waals surface area (Å²) in [6, 6.07) is 16.2. The predicted molar refractivity (Wildman–Crippen MR) is 109 cm³/mol. The van der Waals surface area contributed by atoms with Gasteiger partial charge in [0.1, 0.15) is 0 Å². The Morgan fingerprint density at radius 2 is 1.88 bits per heavy atom. The van der Waals surface area contributed by atoms with Gasteiger partial charge < -0.3 is 15.4 Å². The Hall–Kier alpha value is -1.83. The molecule has 2 N–H and O–H groups in total. The van der Waals surface area contributed by atoms with Crippen molar-refractivity contribution in [1.82, 2.24) is 15.6 Å². The van der Waals surface area contributed by atoms with E-state index < -0.39 is 0 Å². The molecule has 0 saturated carbocycles. The van der Waals surface area contributed by atoms with E-state index in [2.05, 4.69) is 51.8 Å². The Balaban J connectivity index is 0.00000288. The smallest absolute Gasteiger partial charge is 0.213 e. The molecule has 2 rings (SSSR count). The van der Waals surface area contributed by atoms with E-state index in [4.69, 9.17) is 4.74 Å². The van der Waals surface area contributed by atoms with Gasteiger partial charge in [-0.1, -0.05) is 43.3 Å². The maximum atomic E-state index is 5.13. The molecule has 1 atom stereocenters. The van der Waals surface area contributed by atoms with Crippen molar-refractivity contribution >= 4 is 29.9 Å². The van der Waals surface area contributed by atoms with Gasteiger partial charge in [0, 0.05) is 19.7 Å². The molecule has 0 bridgehead atoms. The van der Waals surface area contributed by atoms with Crippen LogP contribution in [0.2, 0.25) is 0 Å². The minimum atomic E-state index is 0. The molecule has 24 heavy (non-hydrogen) atoms. The Kier molecular flexibility index (Phi) is 9.14. The van der Waals surface area contributed by atoms with Crippen molar-refractivity contribution in [3.63, 3.8) is 0 Å². The largest absolute Gasteiger partial charge is 0.481 e. The van der Waals surface area contributed by atoms with Gasteiger partial charge in [0.05, 0.1) is 19.3 Å². The van der Waals surface area contributed by atoms with Crippen molar-refractivity contribution in [2.45, 2.75) is 19.4 Å². The number of hydrogen-bond acceptors (Lipinski definition) is 3. The highest BCUT2D eigenvalue weighted by molar-refractivity contribution is 14.0. The first-order chi connectivity index (χ1) is 11.2. The average Bonchev–Trinajstić information content (AvgIpc) is 2.62. The number of guanidine groups is 1. The molecule has 0 aliphatic heterocycles. The predicted octanol–water partition coefficient (Wildman–Crippen LogP) is 3.18. The normalized spacial score (nSPS) is 12.0. The van der Waals surface area contributed by atoms with Gasteiger partial charge in [-0.05, 0) is 17.5 Å². The molecule has 130 valence electrons. The molecule has 5 nitrogen and oxygen atoms in total. The Morgan fingerprint density at radius 1 is 1.12 bits per heavy atom. The highest BCUT2D eigenvalue weighted by Gasteiger charge is 2.06. The monoisotopic (exact) mass is 440 g/mol. The number of ether oxygens (including phenoxy) is 1. The number of benzene rings is 1. The van der Waals surface area contributed by atoms with Gasteiger partial charge in [-0.3, -0.25) is 4.99 Å². The SMILES string of the molecule is CN=C(NCc1cccc(OC)n1)NCC(C)c1ccccc1.I. The van der Waals surface area contributed by atoms with E-state index in [1.54, 1.807) is 14.2 Å². The summed E-state index contributed by atoms with van der Waals surface area (Å²) < 4.78 is 5.13. The van der Waals surface area contributed by atoms with Crippen molar-refractivity contribution in [1.29, 1.82) is 0 Å². The van der Waals surface area contributed by atoms with Gasteiger partial charge in [-0.25, -0.2) is 4.98 Å². The molecule has 2 aromatic rings. The Morgan fingerprint density at radius 3 is 2.54 bits per heavy atom. The van der Waals surface area contributed by atoms with E-state index in [9.17, 15) is 0 Å². The first kappa shape index (κ1) is 20.2. The maximum Gasteiger partial charge on any atom is 0.213 e. The quantitative estimate of drug-likeness (QED) is 0.412. The number of nitrogens with zero attached hydrogens (tertiary/aromatic N) is 2. The Bertz CT molecular complexity index is 634. The molecule has 0 saturated heterocycles. The maximum absolute atomic E-state index is 5.13. The number of aliphatic imine (C=N–C) groups is 1. The van der Waals surface area contributed by atoms with Crippen molar-refractivity contribution in [2.24, 2.45) is 4.99 Å². The molecule has 0 radical (unpaired) electrons. The average molecular weight is 440 g/mol. The molecular formula is C18H25IN4O. The second-order valence-corrected chi connectivity index (χ2v) is 5.29. The van der Waals surface area contributed by atoms with Crippen LogP contribution >= 0.6 is 24.0 Å². The number of aromatic nitrogens is 1. The summed E-state index contributed by atoms with van der Waals surface area (Å²) in [7, 11) is 3.38. The molecule has 0 spiro atoms. The van der Waals surface area contributed by atoms with E-state index in [1.165, 1.54) is 5.56 Å². The summed E-state index contributed by atoms with van der Waals surface area (Å²) >= 11 is 0. The van der Waals surface area contributed by atoms with Crippen molar-refractivity contribution in [3.8, 4) is 5.88 Å². The fourth-order valence-electron chi connectivity index (χ4n) is 2.21. The summed E-state index contributed by atoms with van der Waals surface area (Å²) in [6.45, 7) is 3.60. The van der Waals surface area contributed by atoms with Crippen LogP contribution in [0.25, 0.3) is 0 Å². The number of rotatable bonds is 6. The van der Waals surface area contributed by atoms with Crippen LogP contribution < -0.4 is 15.4 Å². The third-order valence-electron chi connectivity index (χ3n) is 3.60. The van der Waals surface area contributed by atoms with Crippen LogP contribution in [0.1, 0.15) is 24.1 Å². The summed E-state index contributed by atoms with van der Waals surface area (Å²) in [5, 5.41) is 6.61. The fourth-order valence-corrected chi connectivity index (χ4v) is 2.21. The van der Waals surface area contributed by atoms with E-state index in [0.29, 0.717) is 18.3 Å². The summed E-state index contributed by atoms with van der Waals surface area (Å²) in [6.07, 6.45) is 0. The van der Waals surface area contributed by atoms with E-state index in [1.807, 2.05) is 24.3 Å². The third kappa shape index (κ3) is 6.35. The number of halogens is 1. The fraction of sp³-hybridized carbons (Fsp3) is 0.333. The van der Waals surface area contributed by atoms with Crippen LogP contribution in [0.5, 0.6) is 5.88 Å². The van der Waals surface area contributed by atoms with Crippen LogP contribution in [-0.4, -0.2) is 31.6 Å². The number of pyridine rings is 1. The lowest BCUT2D eigenvalue weighted by atomic mass is 10.0. The summed E-state index contributed by atoms with van der Waals surface area (Å²) in [5.41, 5.74) is 2.22. The van der Waals surface area contributed by atoms with Crippen LogP contribution in [-0.2, 0) is 6.54 Å². The van der Waals surface area contributed by atoms with Crippen molar-refractivity contribution in [3.05, 3.63) is 59.8 Å². The molecule has 0 aliphatic rings. The molecule has 6 heteroatoms. The van der Waals surface area contributed by atoms with Gasteiger partial charge >= 0.3 is 0 Å². The molecule has 0 fully saturated rings. The topological polar surface area (TPSA) is 58.5 Å². The standard InChI is InChI=1S/C18H24N4O.HI/c1-14(15-8-5-4-6-9-15)12-20-18(19-2)21-13-16-10-7-11-17(22-16)23-3;/h4-11,14H,12-13H2,1-3H3,(H2,19,20,21);1H. The Labute approximate surface area is 161 Å². The number of hydrogen-bond donors (Lipinski definition) is 2. The van der Waals surface area contributed by atoms with E-state index in [0.717, 1.165) is 18.2 Å².